The van der Waals surface area contributed by atoms with Gasteiger partial charge in [0.15, 0.2) is 0 Å². The molecule has 2 aromatic heterocycles. The molecule has 0 aliphatic heterocycles. The summed E-state index contributed by atoms with van der Waals surface area (Å²) in [6, 6.07) is 17.2. The van der Waals surface area contributed by atoms with E-state index in [0.717, 1.165) is 16.5 Å². The number of nitrogens with zero attached hydrogens (tertiary/aromatic N) is 2. The van der Waals surface area contributed by atoms with E-state index in [4.69, 9.17) is 0 Å². The SMILES string of the molecule is Cc1cc(F)ccc1NC(=O)c1cc(-c2cccnc2)nc2ccccc12. The van der Waals surface area contributed by atoms with Crippen molar-refractivity contribution in [3.05, 3.63) is 90.0 Å². The molecule has 0 fully saturated rings. The van der Waals surface area contributed by atoms with Crippen molar-refractivity contribution < 1.29 is 9.18 Å². The van der Waals surface area contributed by atoms with Crippen molar-refractivity contribution in [1.82, 2.24) is 9.97 Å². The van der Waals surface area contributed by atoms with E-state index in [0.29, 0.717) is 22.5 Å². The maximum Gasteiger partial charge on any atom is 0.256 e. The Morgan fingerprint density at radius 3 is 2.67 bits per heavy atom. The van der Waals surface area contributed by atoms with Crippen LogP contribution in [0.3, 0.4) is 0 Å². The Labute approximate surface area is 155 Å². The van der Waals surface area contributed by atoms with Crippen LogP contribution in [-0.2, 0) is 0 Å². The smallest absolute Gasteiger partial charge is 0.256 e. The van der Waals surface area contributed by atoms with Crippen LogP contribution in [0.4, 0.5) is 10.1 Å². The Hall–Kier alpha value is -3.60. The third-order valence-electron chi connectivity index (χ3n) is 4.35. The van der Waals surface area contributed by atoms with Gasteiger partial charge in [0.05, 0.1) is 16.8 Å². The van der Waals surface area contributed by atoms with Crippen LogP contribution in [0.1, 0.15) is 15.9 Å². The molecule has 0 bridgehead atoms. The van der Waals surface area contributed by atoms with Crippen LogP contribution in [0.2, 0.25) is 0 Å². The molecule has 4 aromatic rings. The number of hydrogen-bond acceptors (Lipinski definition) is 3. The zero-order chi connectivity index (χ0) is 18.8. The molecule has 0 radical (unpaired) electrons. The molecule has 0 aliphatic rings. The van der Waals surface area contributed by atoms with Crippen molar-refractivity contribution in [3.8, 4) is 11.3 Å². The number of carbonyl (C=O) groups excluding carboxylic acids is 1. The van der Waals surface area contributed by atoms with Crippen molar-refractivity contribution in [3.63, 3.8) is 0 Å². The highest BCUT2D eigenvalue weighted by atomic mass is 19.1. The second-order valence-electron chi connectivity index (χ2n) is 6.23. The van der Waals surface area contributed by atoms with Crippen molar-refractivity contribution in [1.29, 1.82) is 0 Å². The first kappa shape index (κ1) is 16.8. The van der Waals surface area contributed by atoms with Gasteiger partial charge in [0.2, 0.25) is 0 Å². The van der Waals surface area contributed by atoms with E-state index < -0.39 is 0 Å². The normalized spacial score (nSPS) is 10.7. The van der Waals surface area contributed by atoms with E-state index in [2.05, 4.69) is 15.3 Å². The van der Waals surface area contributed by atoms with E-state index in [1.54, 1.807) is 31.5 Å². The van der Waals surface area contributed by atoms with E-state index in [1.165, 1.54) is 12.1 Å². The third kappa shape index (κ3) is 3.40. The zero-order valence-electron chi connectivity index (χ0n) is 14.6. The van der Waals surface area contributed by atoms with Crippen molar-refractivity contribution in [2.75, 3.05) is 5.32 Å². The Morgan fingerprint density at radius 2 is 1.89 bits per heavy atom. The molecule has 4 rings (SSSR count). The number of halogens is 1. The molecule has 0 atom stereocenters. The van der Waals surface area contributed by atoms with Crippen LogP contribution < -0.4 is 5.32 Å². The Morgan fingerprint density at radius 1 is 1.04 bits per heavy atom. The highest BCUT2D eigenvalue weighted by molar-refractivity contribution is 6.13. The summed E-state index contributed by atoms with van der Waals surface area (Å²) in [5.41, 5.74) is 3.96. The number of amides is 1. The van der Waals surface area contributed by atoms with Crippen molar-refractivity contribution >= 4 is 22.5 Å². The average molecular weight is 357 g/mol. The van der Waals surface area contributed by atoms with Gasteiger partial charge in [-0.1, -0.05) is 18.2 Å². The van der Waals surface area contributed by atoms with Gasteiger partial charge in [-0.05, 0) is 55.0 Å². The van der Waals surface area contributed by atoms with E-state index >= 15 is 0 Å². The fraction of sp³-hybridized carbons (Fsp3) is 0.0455. The summed E-state index contributed by atoms with van der Waals surface area (Å²) in [4.78, 5) is 21.8. The number of benzene rings is 2. The Kier molecular flexibility index (Phi) is 4.34. The number of fused-ring (bicyclic) bond motifs is 1. The largest absolute Gasteiger partial charge is 0.322 e. The van der Waals surface area contributed by atoms with Crippen molar-refractivity contribution in [2.24, 2.45) is 0 Å². The van der Waals surface area contributed by atoms with E-state index in [9.17, 15) is 9.18 Å². The summed E-state index contributed by atoms with van der Waals surface area (Å²) in [6.45, 7) is 1.75. The summed E-state index contributed by atoms with van der Waals surface area (Å²) in [5.74, 6) is -0.604. The predicted octanol–water partition coefficient (Wildman–Crippen LogP) is 5.00. The number of hydrogen-bond donors (Lipinski definition) is 1. The number of rotatable bonds is 3. The van der Waals surface area contributed by atoms with Gasteiger partial charge in [-0.2, -0.15) is 0 Å². The lowest BCUT2D eigenvalue weighted by Gasteiger charge is -2.12. The molecule has 4 nitrogen and oxygen atoms in total. The maximum absolute atomic E-state index is 13.3. The summed E-state index contributed by atoms with van der Waals surface area (Å²) in [7, 11) is 0. The second kappa shape index (κ2) is 6.96. The highest BCUT2D eigenvalue weighted by Gasteiger charge is 2.15. The molecule has 2 aromatic carbocycles. The van der Waals surface area contributed by atoms with E-state index in [1.807, 2.05) is 36.4 Å². The first-order valence-electron chi connectivity index (χ1n) is 8.49. The van der Waals surface area contributed by atoms with Crippen LogP contribution in [0.5, 0.6) is 0 Å². The van der Waals surface area contributed by atoms with Crippen LogP contribution in [0.25, 0.3) is 22.2 Å². The first-order valence-corrected chi connectivity index (χ1v) is 8.49. The standard InChI is InChI=1S/C22H16FN3O/c1-14-11-16(23)8-9-19(14)26-22(27)18-12-21(15-5-4-10-24-13-15)25-20-7-3-2-6-17(18)20/h2-13H,1H3,(H,26,27). The molecule has 1 amide bonds. The minimum atomic E-state index is -0.335. The van der Waals surface area contributed by atoms with Gasteiger partial charge in [-0.15, -0.1) is 0 Å². The van der Waals surface area contributed by atoms with Gasteiger partial charge in [0.25, 0.3) is 5.91 Å². The topological polar surface area (TPSA) is 54.9 Å². The molecular weight excluding hydrogens is 341 g/mol. The van der Waals surface area contributed by atoms with Gasteiger partial charge >= 0.3 is 0 Å². The molecule has 0 unspecified atom stereocenters. The second-order valence-corrected chi connectivity index (χ2v) is 6.23. The summed E-state index contributed by atoms with van der Waals surface area (Å²) in [6.07, 6.45) is 3.40. The highest BCUT2D eigenvalue weighted by Crippen LogP contribution is 2.26. The first-order chi connectivity index (χ1) is 13.1. The molecular formula is C22H16FN3O. The molecule has 0 saturated heterocycles. The Bertz CT molecular complexity index is 1140. The van der Waals surface area contributed by atoms with Gasteiger partial charge in [0, 0.05) is 29.0 Å². The number of nitrogens with one attached hydrogen (secondary N) is 1. The van der Waals surface area contributed by atoms with Gasteiger partial charge in [-0.3, -0.25) is 9.78 Å². The number of para-hydroxylation sites is 1. The number of carbonyl (C=O) groups is 1. The molecule has 2 heterocycles. The number of pyridine rings is 2. The van der Waals surface area contributed by atoms with Crippen LogP contribution in [-0.4, -0.2) is 15.9 Å². The maximum atomic E-state index is 13.3. The molecule has 27 heavy (non-hydrogen) atoms. The lowest BCUT2D eigenvalue weighted by Crippen LogP contribution is -2.14. The summed E-state index contributed by atoms with van der Waals surface area (Å²) >= 11 is 0. The molecule has 0 aliphatic carbocycles. The monoisotopic (exact) mass is 357 g/mol. The average Bonchev–Trinajstić information content (AvgIpc) is 2.70. The number of aromatic nitrogens is 2. The van der Waals surface area contributed by atoms with Crippen LogP contribution >= 0.6 is 0 Å². The van der Waals surface area contributed by atoms with Gasteiger partial charge in [0.1, 0.15) is 5.82 Å². The minimum absolute atomic E-state index is 0.270. The Balaban J connectivity index is 1.81. The van der Waals surface area contributed by atoms with Crippen LogP contribution in [0, 0.1) is 12.7 Å². The summed E-state index contributed by atoms with van der Waals surface area (Å²) in [5, 5.41) is 3.63. The van der Waals surface area contributed by atoms with Gasteiger partial charge in [-0.25, -0.2) is 9.37 Å². The fourth-order valence-electron chi connectivity index (χ4n) is 2.98. The van der Waals surface area contributed by atoms with E-state index in [-0.39, 0.29) is 11.7 Å². The number of anilines is 1. The number of aryl methyl sites for hydroxylation is 1. The quantitative estimate of drug-likeness (QED) is 0.561. The van der Waals surface area contributed by atoms with Gasteiger partial charge < -0.3 is 5.32 Å². The minimum Gasteiger partial charge on any atom is -0.322 e. The zero-order valence-corrected chi connectivity index (χ0v) is 14.6. The molecule has 132 valence electrons. The fourth-order valence-corrected chi connectivity index (χ4v) is 2.98. The van der Waals surface area contributed by atoms with Crippen LogP contribution in [0.15, 0.2) is 73.1 Å². The lowest BCUT2D eigenvalue weighted by molar-refractivity contribution is 0.102. The van der Waals surface area contributed by atoms with Crippen molar-refractivity contribution in [2.45, 2.75) is 6.92 Å². The molecule has 1 N–H and O–H groups in total. The summed E-state index contributed by atoms with van der Waals surface area (Å²) < 4.78 is 13.3. The molecule has 5 heteroatoms. The molecule has 0 saturated carbocycles. The molecule has 0 spiro atoms. The lowest BCUT2D eigenvalue weighted by atomic mass is 10.0. The predicted molar refractivity (Wildman–Crippen MR) is 104 cm³/mol. The third-order valence-corrected chi connectivity index (χ3v) is 4.35.